The summed E-state index contributed by atoms with van der Waals surface area (Å²) in [6, 6.07) is 15.1. The van der Waals surface area contributed by atoms with Crippen LogP contribution in [0.3, 0.4) is 0 Å². The lowest BCUT2D eigenvalue weighted by molar-refractivity contribution is -0.0682. The maximum atomic E-state index is 6.55. The largest absolute Gasteiger partial charge is 0.493 e. The van der Waals surface area contributed by atoms with Crippen LogP contribution < -0.4 is 9.47 Å². The van der Waals surface area contributed by atoms with Crippen LogP contribution in [0, 0.1) is 11.8 Å². The molecule has 0 amide bonds. The highest BCUT2D eigenvalue weighted by atomic mass is 16.5. The Morgan fingerprint density at radius 2 is 1.76 bits per heavy atom. The molecule has 2 aromatic carbocycles. The highest BCUT2D eigenvalue weighted by Gasteiger charge is 2.40. The van der Waals surface area contributed by atoms with Gasteiger partial charge in [-0.15, -0.1) is 0 Å². The molecule has 2 heterocycles. The zero-order chi connectivity index (χ0) is 23.9. The molecule has 0 bridgehead atoms. The molecule has 2 aliphatic heterocycles. The van der Waals surface area contributed by atoms with Gasteiger partial charge in [0.15, 0.2) is 11.5 Å². The summed E-state index contributed by atoms with van der Waals surface area (Å²) >= 11 is 0. The smallest absolute Gasteiger partial charge is 0.161 e. The van der Waals surface area contributed by atoms with Crippen molar-refractivity contribution < 1.29 is 18.9 Å². The molecule has 1 fully saturated rings. The zero-order valence-electron chi connectivity index (χ0n) is 21.3. The van der Waals surface area contributed by atoms with Crippen molar-refractivity contribution in [3.05, 3.63) is 59.2 Å². The minimum absolute atomic E-state index is 0.275. The van der Waals surface area contributed by atoms with Gasteiger partial charge in [0.05, 0.1) is 26.9 Å². The molecule has 5 heteroatoms. The third-order valence-corrected chi connectivity index (χ3v) is 7.21. The van der Waals surface area contributed by atoms with E-state index >= 15 is 0 Å². The molecule has 186 valence electrons. The van der Waals surface area contributed by atoms with E-state index in [1.807, 2.05) is 6.07 Å². The molecule has 0 aliphatic carbocycles. The van der Waals surface area contributed by atoms with Crippen molar-refractivity contribution in [2.45, 2.75) is 58.3 Å². The van der Waals surface area contributed by atoms with Crippen LogP contribution in [0.2, 0.25) is 0 Å². The highest BCUT2D eigenvalue weighted by molar-refractivity contribution is 5.49. The van der Waals surface area contributed by atoms with E-state index < -0.39 is 0 Å². The first kappa shape index (κ1) is 25.0. The molecule has 2 aliphatic rings. The number of methoxy groups -OCH3 is 2. The lowest BCUT2D eigenvalue weighted by Gasteiger charge is -2.47. The summed E-state index contributed by atoms with van der Waals surface area (Å²) in [5.74, 6) is 2.89. The first-order chi connectivity index (χ1) is 16.6. The van der Waals surface area contributed by atoms with E-state index in [0.717, 1.165) is 57.1 Å². The second-order valence-electron chi connectivity index (χ2n) is 10.1. The highest BCUT2D eigenvalue weighted by Crippen LogP contribution is 2.44. The Morgan fingerprint density at radius 3 is 2.50 bits per heavy atom. The van der Waals surface area contributed by atoms with Crippen molar-refractivity contribution in [2.75, 3.05) is 40.5 Å². The minimum Gasteiger partial charge on any atom is -0.493 e. The third kappa shape index (κ3) is 6.12. The zero-order valence-corrected chi connectivity index (χ0v) is 21.3. The van der Waals surface area contributed by atoms with Crippen molar-refractivity contribution in [1.29, 1.82) is 0 Å². The first-order valence-electron chi connectivity index (χ1n) is 12.8. The Bertz CT molecular complexity index is 901. The molecular formula is C29H41NO4. The van der Waals surface area contributed by atoms with E-state index in [2.05, 4.69) is 55.1 Å². The lowest BCUT2D eigenvalue weighted by Crippen LogP contribution is -2.49. The lowest BCUT2D eigenvalue weighted by atomic mass is 9.79. The average Bonchev–Trinajstić information content (AvgIpc) is 2.85. The van der Waals surface area contributed by atoms with E-state index in [1.165, 1.54) is 23.1 Å². The number of hydrogen-bond donors (Lipinski definition) is 0. The number of hydrogen-bond acceptors (Lipinski definition) is 5. The van der Waals surface area contributed by atoms with E-state index in [9.17, 15) is 0 Å². The summed E-state index contributed by atoms with van der Waals surface area (Å²) in [7, 11) is 3.43. The molecule has 0 radical (unpaired) electrons. The Hall–Kier alpha value is -2.08. The van der Waals surface area contributed by atoms with Gasteiger partial charge in [-0.2, -0.15) is 0 Å². The first-order valence-corrected chi connectivity index (χ1v) is 12.8. The van der Waals surface area contributed by atoms with Crippen LogP contribution >= 0.6 is 0 Å². The van der Waals surface area contributed by atoms with E-state index in [4.69, 9.17) is 18.9 Å². The van der Waals surface area contributed by atoms with Crippen molar-refractivity contribution >= 4 is 0 Å². The van der Waals surface area contributed by atoms with Crippen LogP contribution in [-0.2, 0) is 22.5 Å². The summed E-state index contributed by atoms with van der Waals surface area (Å²) in [5.41, 5.74) is 3.98. The standard InChI is InChI=1S/C29H41NO4/c1-21(2)15-24-19-30-12-11-23-16-28(31-3)29(32-4)17-25(23)26(30)18-27(24)34-14-8-13-33-20-22-9-6-5-7-10-22/h5-7,9-10,16-17,21,24,26-27H,8,11-15,18-20H2,1-4H3/t24-,26-,27-/m1/s1. The molecule has 0 spiro atoms. The second kappa shape index (κ2) is 12.1. The molecule has 0 aromatic heterocycles. The van der Waals surface area contributed by atoms with Gasteiger partial charge in [-0.3, -0.25) is 4.90 Å². The van der Waals surface area contributed by atoms with Crippen molar-refractivity contribution in [2.24, 2.45) is 11.8 Å². The number of ether oxygens (including phenoxy) is 4. The van der Waals surface area contributed by atoms with Gasteiger partial charge in [0.25, 0.3) is 0 Å². The normalized spacial score (nSPS) is 22.3. The van der Waals surface area contributed by atoms with Crippen LogP contribution in [0.1, 0.15) is 55.8 Å². The average molecular weight is 468 g/mol. The molecule has 34 heavy (non-hydrogen) atoms. The maximum absolute atomic E-state index is 6.55. The monoisotopic (exact) mass is 467 g/mol. The van der Waals surface area contributed by atoms with Gasteiger partial charge in [-0.1, -0.05) is 44.2 Å². The number of benzene rings is 2. The predicted molar refractivity (Wildman–Crippen MR) is 136 cm³/mol. The molecule has 0 N–H and O–H groups in total. The fraction of sp³-hybridized carbons (Fsp3) is 0.586. The van der Waals surface area contributed by atoms with E-state index in [0.29, 0.717) is 24.5 Å². The van der Waals surface area contributed by atoms with Gasteiger partial charge in [0.2, 0.25) is 0 Å². The van der Waals surface area contributed by atoms with Gasteiger partial charge in [0, 0.05) is 32.3 Å². The molecular weight excluding hydrogens is 426 g/mol. The van der Waals surface area contributed by atoms with Gasteiger partial charge >= 0.3 is 0 Å². The molecule has 0 unspecified atom stereocenters. The number of nitrogens with zero attached hydrogens (tertiary/aromatic N) is 1. The Balaban J connectivity index is 1.37. The fourth-order valence-corrected chi connectivity index (χ4v) is 5.60. The Morgan fingerprint density at radius 1 is 1.00 bits per heavy atom. The van der Waals surface area contributed by atoms with Gasteiger partial charge < -0.3 is 18.9 Å². The summed E-state index contributed by atoms with van der Waals surface area (Å²) in [5, 5.41) is 0. The summed E-state index contributed by atoms with van der Waals surface area (Å²) in [6.07, 6.45) is 4.50. The Kier molecular flexibility index (Phi) is 8.87. The number of piperidine rings is 1. The summed E-state index contributed by atoms with van der Waals surface area (Å²) < 4.78 is 23.6. The quantitative estimate of drug-likeness (QED) is 0.399. The van der Waals surface area contributed by atoms with Crippen LogP contribution in [0.4, 0.5) is 0 Å². The van der Waals surface area contributed by atoms with Crippen LogP contribution in [0.15, 0.2) is 42.5 Å². The number of rotatable bonds is 11. The second-order valence-corrected chi connectivity index (χ2v) is 10.1. The maximum Gasteiger partial charge on any atom is 0.161 e. The molecule has 0 saturated carbocycles. The molecule has 1 saturated heterocycles. The van der Waals surface area contributed by atoms with Gasteiger partial charge in [-0.05, 0) is 66.3 Å². The van der Waals surface area contributed by atoms with Crippen LogP contribution in [0.25, 0.3) is 0 Å². The third-order valence-electron chi connectivity index (χ3n) is 7.21. The van der Waals surface area contributed by atoms with Gasteiger partial charge in [0.1, 0.15) is 0 Å². The van der Waals surface area contributed by atoms with Crippen molar-refractivity contribution in [1.82, 2.24) is 4.90 Å². The van der Waals surface area contributed by atoms with Crippen molar-refractivity contribution in [3.63, 3.8) is 0 Å². The molecule has 3 atom stereocenters. The SMILES string of the molecule is COc1cc2c(cc1OC)[C@H]1C[C@@H](OCCCOCc3ccccc3)[C@H](CC(C)C)CN1CC2. The fourth-order valence-electron chi connectivity index (χ4n) is 5.60. The number of fused-ring (bicyclic) bond motifs is 3. The molecule has 5 nitrogen and oxygen atoms in total. The van der Waals surface area contributed by atoms with Crippen molar-refractivity contribution in [3.8, 4) is 11.5 Å². The van der Waals surface area contributed by atoms with E-state index in [1.54, 1.807) is 14.2 Å². The van der Waals surface area contributed by atoms with E-state index in [-0.39, 0.29) is 6.10 Å². The summed E-state index contributed by atoms with van der Waals surface area (Å²) in [4.78, 5) is 2.67. The summed E-state index contributed by atoms with van der Waals surface area (Å²) in [6.45, 7) is 8.99. The predicted octanol–water partition coefficient (Wildman–Crippen LogP) is 5.66. The molecule has 4 rings (SSSR count). The molecule has 2 aromatic rings. The Labute approximate surface area is 205 Å². The van der Waals surface area contributed by atoms with Gasteiger partial charge in [-0.25, -0.2) is 0 Å². The topological polar surface area (TPSA) is 40.2 Å². The minimum atomic E-state index is 0.275. The van der Waals surface area contributed by atoms with Crippen LogP contribution in [0.5, 0.6) is 11.5 Å². The van der Waals surface area contributed by atoms with Crippen LogP contribution in [-0.4, -0.2) is 51.5 Å².